The largest absolute Gasteiger partial charge is 0.573 e. The van der Waals surface area contributed by atoms with Crippen LogP contribution < -0.4 is 10.1 Å². The van der Waals surface area contributed by atoms with Gasteiger partial charge in [0.1, 0.15) is 5.75 Å². The Kier molecular flexibility index (Phi) is 6.24. The molecule has 1 amide bonds. The molecule has 1 atom stereocenters. The Hall–Kier alpha value is -4.54. The zero-order valence-corrected chi connectivity index (χ0v) is 20.8. The minimum absolute atomic E-state index is 0.116. The van der Waals surface area contributed by atoms with E-state index in [0.29, 0.717) is 18.7 Å². The second-order valence-electron chi connectivity index (χ2n) is 9.66. The van der Waals surface area contributed by atoms with E-state index in [4.69, 9.17) is 0 Å². The second kappa shape index (κ2) is 9.33. The van der Waals surface area contributed by atoms with Crippen LogP contribution in [0.1, 0.15) is 88.3 Å². The van der Waals surface area contributed by atoms with Crippen molar-refractivity contribution < 1.29 is 32.6 Å². The van der Waals surface area contributed by atoms with Crippen LogP contribution in [0.3, 0.4) is 0 Å². The number of hydrogen-bond acceptors (Lipinski definition) is 8. The predicted octanol–water partition coefficient (Wildman–Crippen LogP) is 3.89. The topological polar surface area (TPSA) is 156 Å². The number of alkyl halides is 3. The van der Waals surface area contributed by atoms with Gasteiger partial charge >= 0.3 is 12.3 Å². The molecule has 0 radical (unpaired) electrons. The summed E-state index contributed by atoms with van der Waals surface area (Å²) in [5.41, 5.74) is -0.856. The summed E-state index contributed by atoms with van der Waals surface area (Å²) in [6.45, 7) is 3.11. The van der Waals surface area contributed by atoms with Gasteiger partial charge in [-0.3, -0.25) is 4.79 Å². The van der Waals surface area contributed by atoms with Crippen LogP contribution >= 0.6 is 0 Å². The molecule has 1 aromatic carbocycles. The van der Waals surface area contributed by atoms with Crippen molar-refractivity contribution in [3.05, 3.63) is 58.6 Å². The maximum Gasteiger partial charge on any atom is 0.573 e. The molecule has 0 spiro atoms. The summed E-state index contributed by atoms with van der Waals surface area (Å²) in [5, 5.41) is 26.0. The molecule has 11 nitrogen and oxygen atoms in total. The van der Waals surface area contributed by atoms with Crippen molar-refractivity contribution in [2.75, 3.05) is 0 Å². The number of amides is 1. The van der Waals surface area contributed by atoms with Crippen LogP contribution in [-0.2, 0) is 5.41 Å². The molecule has 2 saturated carbocycles. The van der Waals surface area contributed by atoms with Crippen molar-refractivity contribution >= 4 is 11.9 Å². The summed E-state index contributed by atoms with van der Waals surface area (Å²) in [6.07, 6.45) is -1.03. The lowest BCUT2D eigenvalue weighted by Crippen LogP contribution is -2.29. The smallest absolute Gasteiger partial charge is 0.476 e. The first-order valence-electron chi connectivity index (χ1n) is 12.1. The number of aromatic nitrogens is 5. The van der Waals surface area contributed by atoms with Gasteiger partial charge in [0.2, 0.25) is 0 Å². The standard InChI is InChI=1S/C25H22F3N7O4/c1-12-19(23(37)38)30-10-18(31-12)35-21(33-20(34-35)14-3-4-14)13(2)32-22(36)15-7-16(24(11-29)5-6-24)9-17(8-15)39-25(26,27)28/h7-10,13-14H,3-6H2,1-2H3,(H,32,36)(H,37,38)/t13-/m0/s1. The van der Waals surface area contributed by atoms with Crippen molar-refractivity contribution in [3.8, 4) is 17.6 Å². The van der Waals surface area contributed by atoms with Gasteiger partial charge in [0.15, 0.2) is 23.2 Å². The summed E-state index contributed by atoms with van der Waals surface area (Å²) in [6, 6.07) is 4.80. The van der Waals surface area contributed by atoms with E-state index in [1.54, 1.807) is 6.92 Å². The summed E-state index contributed by atoms with van der Waals surface area (Å²) in [7, 11) is 0. The van der Waals surface area contributed by atoms with Crippen LogP contribution in [0.25, 0.3) is 5.82 Å². The average molecular weight is 541 g/mol. The Labute approximate surface area is 219 Å². The second-order valence-corrected chi connectivity index (χ2v) is 9.66. The highest BCUT2D eigenvalue weighted by Crippen LogP contribution is 2.48. The van der Waals surface area contributed by atoms with Gasteiger partial charge in [-0.25, -0.2) is 19.7 Å². The van der Waals surface area contributed by atoms with Crippen LogP contribution in [0.2, 0.25) is 0 Å². The molecule has 2 N–H and O–H groups in total. The van der Waals surface area contributed by atoms with Gasteiger partial charge in [0, 0.05) is 11.5 Å². The lowest BCUT2D eigenvalue weighted by Gasteiger charge is -2.17. The fourth-order valence-electron chi connectivity index (χ4n) is 4.22. The van der Waals surface area contributed by atoms with Gasteiger partial charge in [0.25, 0.3) is 5.91 Å². The third kappa shape index (κ3) is 5.38. The third-order valence-electron chi connectivity index (χ3n) is 6.60. The minimum Gasteiger partial charge on any atom is -0.476 e. The Morgan fingerprint density at radius 2 is 1.97 bits per heavy atom. The van der Waals surface area contributed by atoms with Crippen LogP contribution in [0.15, 0.2) is 24.4 Å². The lowest BCUT2D eigenvalue weighted by atomic mass is 9.95. The molecule has 3 aromatic rings. The highest BCUT2D eigenvalue weighted by Gasteiger charge is 2.46. The number of carboxylic acids is 1. The van der Waals surface area contributed by atoms with Crippen LogP contribution in [0, 0.1) is 18.3 Å². The molecule has 5 rings (SSSR count). The van der Waals surface area contributed by atoms with E-state index >= 15 is 0 Å². The average Bonchev–Trinajstić information content (AvgIpc) is 3.80. The zero-order chi connectivity index (χ0) is 28.1. The van der Waals surface area contributed by atoms with E-state index in [1.165, 1.54) is 23.9 Å². The number of nitriles is 1. The van der Waals surface area contributed by atoms with Crippen LogP contribution in [0.4, 0.5) is 13.2 Å². The number of carbonyl (C=O) groups is 2. The molecular formula is C25H22F3N7O4. The minimum atomic E-state index is -4.98. The first-order chi connectivity index (χ1) is 18.4. The molecule has 14 heteroatoms. The number of halogens is 3. The van der Waals surface area contributed by atoms with Gasteiger partial charge < -0.3 is 15.2 Å². The van der Waals surface area contributed by atoms with Crippen LogP contribution in [-0.4, -0.2) is 48.1 Å². The summed E-state index contributed by atoms with van der Waals surface area (Å²) < 4.78 is 44.3. The number of benzene rings is 1. The van der Waals surface area contributed by atoms with Gasteiger partial charge in [0.05, 0.1) is 29.4 Å². The van der Waals surface area contributed by atoms with Crippen molar-refractivity contribution in [2.45, 2.75) is 63.3 Å². The van der Waals surface area contributed by atoms with E-state index in [-0.39, 0.29) is 40.1 Å². The van der Waals surface area contributed by atoms with Crippen molar-refractivity contribution in [1.82, 2.24) is 30.0 Å². The molecule has 0 saturated heterocycles. The molecular weight excluding hydrogens is 519 g/mol. The van der Waals surface area contributed by atoms with Gasteiger partial charge in [-0.2, -0.15) is 9.94 Å². The molecule has 2 aliphatic carbocycles. The lowest BCUT2D eigenvalue weighted by molar-refractivity contribution is -0.274. The molecule has 39 heavy (non-hydrogen) atoms. The SMILES string of the molecule is Cc1nc(-n2nc(C3CC3)nc2[C@H](C)NC(=O)c2cc(OC(F)(F)F)cc(C3(C#N)CC3)c2)cnc1C(=O)O. The number of carboxylic acid groups (broad SMARTS) is 1. The van der Waals surface area contributed by atoms with E-state index < -0.39 is 35.4 Å². The van der Waals surface area contributed by atoms with E-state index in [0.717, 1.165) is 25.0 Å². The Balaban J connectivity index is 1.46. The van der Waals surface area contributed by atoms with Crippen molar-refractivity contribution in [3.63, 3.8) is 0 Å². The first-order valence-corrected chi connectivity index (χ1v) is 12.1. The number of rotatable bonds is 8. The predicted molar refractivity (Wildman–Crippen MR) is 126 cm³/mol. The third-order valence-corrected chi connectivity index (χ3v) is 6.60. The summed E-state index contributed by atoms with van der Waals surface area (Å²) in [5.74, 6) is -1.40. The van der Waals surface area contributed by atoms with Crippen molar-refractivity contribution in [1.29, 1.82) is 5.26 Å². The fourth-order valence-corrected chi connectivity index (χ4v) is 4.22. The van der Waals surface area contributed by atoms with Gasteiger partial charge in [-0.15, -0.1) is 18.3 Å². The molecule has 0 unspecified atom stereocenters. The number of hydrogen-bond donors (Lipinski definition) is 2. The Morgan fingerprint density at radius 1 is 1.26 bits per heavy atom. The maximum atomic E-state index is 13.2. The van der Waals surface area contributed by atoms with Gasteiger partial charge in [-0.05, 0) is 63.3 Å². The first kappa shape index (κ1) is 26.1. The molecule has 2 aromatic heterocycles. The summed E-state index contributed by atoms with van der Waals surface area (Å²) in [4.78, 5) is 37.4. The highest BCUT2D eigenvalue weighted by molar-refractivity contribution is 5.95. The Bertz CT molecular complexity index is 1520. The molecule has 0 aliphatic heterocycles. The molecule has 0 bridgehead atoms. The maximum absolute atomic E-state index is 13.2. The fraction of sp³-hybridized carbons (Fsp3) is 0.400. The number of nitrogens with one attached hydrogen (secondary N) is 1. The molecule has 2 fully saturated rings. The number of ether oxygens (including phenoxy) is 1. The molecule has 2 aliphatic rings. The van der Waals surface area contributed by atoms with Crippen molar-refractivity contribution in [2.24, 2.45) is 0 Å². The Morgan fingerprint density at radius 3 is 2.54 bits per heavy atom. The number of aromatic carboxylic acids is 1. The monoisotopic (exact) mass is 541 g/mol. The van der Waals surface area contributed by atoms with E-state index in [9.17, 15) is 33.1 Å². The molecule has 2 heterocycles. The number of aryl methyl sites for hydroxylation is 1. The number of carbonyl (C=O) groups excluding carboxylic acids is 1. The summed E-state index contributed by atoms with van der Waals surface area (Å²) >= 11 is 0. The van der Waals surface area contributed by atoms with E-state index in [1.807, 2.05) is 0 Å². The van der Waals surface area contributed by atoms with Crippen LogP contribution in [0.5, 0.6) is 5.75 Å². The zero-order valence-electron chi connectivity index (χ0n) is 20.8. The number of nitrogens with zero attached hydrogens (tertiary/aromatic N) is 6. The normalized spacial score (nSPS) is 16.7. The highest BCUT2D eigenvalue weighted by atomic mass is 19.4. The quantitative estimate of drug-likeness (QED) is 0.432. The van der Waals surface area contributed by atoms with E-state index in [2.05, 4.69) is 36.2 Å². The van der Waals surface area contributed by atoms with Gasteiger partial charge in [-0.1, -0.05) is 0 Å². The molecule has 202 valence electrons.